The van der Waals surface area contributed by atoms with Crippen LogP contribution >= 0.6 is 0 Å². The molecule has 0 spiro atoms. The van der Waals surface area contributed by atoms with Gasteiger partial charge in [0.25, 0.3) is 5.56 Å². The first-order valence-electron chi connectivity index (χ1n) is 5.51. The molecule has 1 aliphatic rings. The van der Waals surface area contributed by atoms with Crippen LogP contribution in [0.2, 0.25) is 0 Å². The Balaban J connectivity index is 2.30. The van der Waals surface area contributed by atoms with Crippen LogP contribution in [0, 0.1) is 13.5 Å². The number of H-pyrrole nitrogens is 1. The number of nitrogens with zero attached hydrogens (tertiary/aromatic N) is 2. The highest BCUT2D eigenvalue weighted by atomic mass is 16.5. The first kappa shape index (κ1) is 12.5. The Morgan fingerprint density at radius 2 is 2.39 bits per heavy atom. The van der Waals surface area contributed by atoms with Crippen molar-refractivity contribution in [2.24, 2.45) is 0 Å². The number of hydrogen-bond donors (Lipinski definition) is 2. The van der Waals surface area contributed by atoms with Gasteiger partial charge >= 0.3 is 5.69 Å². The average molecular weight is 251 g/mol. The van der Waals surface area contributed by atoms with Gasteiger partial charge in [0.1, 0.15) is 6.23 Å². The average Bonchev–Trinajstić information content (AvgIpc) is 2.66. The van der Waals surface area contributed by atoms with Gasteiger partial charge in [-0.15, -0.1) is 0 Å². The Kier molecular flexibility index (Phi) is 3.32. The molecule has 7 heteroatoms. The maximum Gasteiger partial charge on any atom is 0.330 e. The van der Waals surface area contributed by atoms with Gasteiger partial charge in [-0.05, 0) is 6.92 Å². The van der Waals surface area contributed by atoms with Gasteiger partial charge in [0, 0.05) is 18.2 Å². The number of nitrogens with one attached hydrogen (secondary N) is 1. The second-order valence-electron chi connectivity index (χ2n) is 4.25. The lowest BCUT2D eigenvalue weighted by Crippen LogP contribution is -2.33. The van der Waals surface area contributed by atoms with Crippen molar-refractivity contribution in [3.63, 3.8) is 0 Å². The number of aromatic nitrogens is 2. The van der Waals surface area contributed by atoms with Gasteiger partial charge in [0.05, 0.1) is 6.10 Å². The summed E-state index contributed by atoms with van der Waals surface area (Å²) in [4.78, 5) is 28.2. The molecule has 1 aromatic rings. The SMILES string of the molecule is [C-]#[N+]C[C@H]1O[C@@H](n2cc(C)c(=O)[nH]c2=O)C[C@@H]1O. The van der Waals surface area contributed by atoms with Crippen LogP contribution in [0.25, 0.3) is 4.85 Å². The van der Waals surface area contributed by atoms with E-state index in [1.165, 1.54) is 10.8 Å². The number of aromatic amines is 1. The predicted octanol–water partition coefficient (Wildman–Crippen LogP) is -0.587. The van der Waals surface area contributed by atoms with Crippen LogP contribution in [0.5, 0.6) is 0 Å². The predicted molar refractivity (Wildman–Crippen MR) is 62.1 cm³/mol. The number of hydrogen-bond acceptors (Lipinski definition) is 4. The van der Waals surface area contributed by atoms with Gasteiger partial charge in [-0.1, -0.05) is 0 Å². The highest BCUT2D eigenvalue weighted by molar-refractivity contribution is 5.02. The number of aliphatic hydroxyl groups excluding tert-OH is 1. The molecule has 7 nitrogen and oxygen atoms in total. The van der Waals surface area contributed by atoms with Crippen LogP contribution in [0.3, 0.4) is 0 Å². The molecule has 0 radical (unpaired) electrons. The lowest BCUT2D eigenvalue weighted by Gasteiger charge is -2.13. The lowest BCUT2D eigenvalue weighted by atomic mass is 10.2. The van der Waals surface area contributed by atoms with Crippen molar-refractivity contribution in [1.82, 2.24) is 9.55 Å². The molecule has 0 bridgehead atoms. The van der Waals surface area contributed by atoms with E-state index in [-0.39, 0.29) is 13.0 Å². The Bertz CT molecular complexity index is 598. The lowest BCUT2D eigenvalue weighted by molar-refractivity contribution is -0.0116. The first-order chi connectivity index (χ1) is 8.52. The Morgan fingerprint density at radius 3 is 3.06 bits per heavy atom. The molecule has 0 aliphatic carbocycles. The number of aryl methyl sites for hydroxylation is 1. The Labute approximate surface area is 102 Å². The number of aliphatic hydroxyl groups is 1. The molecule has 0 unspecified atom stereocenters. The Morgan fingerprint density at radius 1 is 1.67 bits per heavy atom. The molecule has 3 atom stereocenters. The summed E-state index contributed by atoms with van der Waals surface area (Å²) in [6, 6.07) is 0. The quantitative estimate of drug-likeness (QED) is 0.688. The van der Waals surface area contributed by atoms with Gasteiger partial charge in [-0.3, -0.25) is 14.3 Å². The van der Waals surface area contributed by atoms with E-state index >= 15 is 0 Å². The summed E-state index contributed by atoms with van der Waals surface area (Å²) in [6.07, 6.45) is -0.380. The summed E-state index contributed by atoms with van der Waals surface area (Å²) < 4.78 is 6.69. The monoisotopic (exact) mass is 251 g/mol. The molecule has 18 heavy (non-hydrogen) atoms. The van der Waals surface area contributed by atoms with Gasteiger partial charge in [-0.2, -0.15) is 0 Å². The zero-order chi connectivity index (χ0) is 13.3. The fraction of sp³-hybridized carbons (Fsp3) is 0.545. The Hall–Kier alpha value is -1.91. The van der Waals surface area contributed by atoms with E-state index in [1.807, 2.05) is 0 Å². The summed E-state index contributed by atoms with van der Waals surface area (Å²) in [5.41, 5.74) is -0.625. The van der Waals surface area contributed by atoms with Crippen molar-refractivity contribution in [2.75, 3.05) is 6.54 Å². The molecule has 1 aliphatic heterocycles. The number of rotatable bonds is 2. The fourth-order valence-electron chi connectivity index (χ4n) is 1.94. The highest BCUT2D eigenvalue weighted by Gasteiger charge is 2.37. The minimum Gasteiger partial charge on any atom is -0.390 e. The van der Waals surface area contributed by atoms with Crippen molar-refractivity contribution in [3.8, 4) is 0 Å². The smallest absolute Gasteiger partial charge is 0.330 e. The third-order valence-corrected chi connectivity index (χ3v) is 2.93. The maximum absolute atomic E-state index is 11.6. The van der Waals surface area contributed by atoms with Gasteiger partial charge in [0.2, 0.25) is 6.54 Å². The van der Waals surface area contributed by atoms with Crippen LogP contribution in [-0.2, 0) is 4.74 Å². The summed E-state index contributed by atoms with van der Waals surface area (Å²) in [5.74, 6) is 0. The molecule has 0 amide bonds. The van der Waals surface area contributed by atoms with E-state index in [0.717, 1.165) is 0 Å². The summed E-state index contributed by atoms with van der Waals surface area (Å²) >= 11 is 0. The first-order valence-corrected chi connectivity index (χ1v) is 5.51. The van der Waals surface area contributed by atoms with Gasteiger partial charge in [0.15, 0.2) is 6.10 Å². The van der Waals surface area contributed by atoms with Crippen LogP contribution in [0.15, 0.2) is 15.8 Å². The minimum absolute atomic E-state index is 0.0503. The summed E-state index contributed by atoms with van der Waals surface area (Å²) in [6.45, 7) is 8.38. The molecular weight excluding hydrogens is 238 g/mol. The van der Waals surface area contributed by atoms with Crippen molar-refractivity contribution in [2.45, 2.75) is 31.8 Å². The van der Waals surface area contributed by atoms with Crippen LogP contribution in [0.1, 0.15) is 18.2 Å². The van der Waals surface area contributed by atoms with Crippen molar-refractivity contribution in [1.29, 1.82) is 0 Å². The van der Waals surface area contributed by atoms with E-state index < -0.39 is 29.7 Å². The topological polar surface area (TPSA) is 88.7 Å². The zero-order valence-electron chi connectivity index (χ0n) is 9.79. The normalized spacial score (nSPS) is 27.1. The van der Waals surface area contributed by atoms with E-state index in [4.69, 9.17) is 11.3 Å². The minimum atomic E-state index is -0.775. The molecule has 0 aromatic carbocycles. The molecule has 96 valence electrons. The molecule has 0 saturated carbocycles. The molecule has 1 fully saturated rings. The summed E-state index contributed by atoms with van der Waals surface area (Å²) in [7, 11) is 0. The van der Waals surface area contributed by atoms with Gasteiger partial charge < -0.3 is 14.7 Å². The van der Waals surface area contributed by atoms with Gasteiger partial charge in [-0.25, -0.2) is 11.4 Å². The molecular formula is C11H13N3O4. The maximum atomic E-state index is 11.6. The van der Waals surface area contributed by atoms with Crippen molar-refractivity contribution >= 4 is 0 Å². The van der Waals surface area contributed by atoms with Crippen LogP contribution < -0.4 is 11.2 Å². The highest BCUT2D eigenvalue weighted by Crippen LogP contribution is 2.27. The van der Waals surface area contributed by atoms with Crippen molar-refractivity contribution < 1.29 is 9.84 Å². The third kappa shape index (κ3) is 2.20. The molecule has 1 aromatic heterocycles. The van der Waals surface area contributed by atoms with Crippen LogP contribution in [0.4, 0.5) is 0 Å². The molecule has 2 rings (SSSR count). The van der Waals surface area contributed by atoms with E-state index in [2.05, 4.69) is 9.83 Å². The number of ether oxygens (including phenoxy) is 1. The van der Waals surface area contributed by atoms with Crippen molar-refractivity contribution in [3.05, 3.63) is 44.0 Å². The largest absolute Gasteiger partial charge is 0.390 e. The molecule has 1 saturated heterocycles. The van der Waals surface area contributed by atoms with E-state index in [9.17, 15) is 14.7 Å². The van der Waals surface area contributed by atoms with Crippen LogP contribution in [-0.4, -0.2) is 33.4 Å². The second-order valence-corrected chi connectivity index (χ2v) is 4.25. The molecule has 2 heterocycles. The standard InChI is InChI=1S/C11H13N3O4/c1-6-5-14(11(17)13-10(6)16)9-3-7(15)8(18-9)4-12-2/h5,7-9,15H,3-4H2,1H3,(H,13,16,17)/t7-,8+,9+/m0/s1. The second kappa shape index (κ2) is 4.76. The van der Waals surface area contributed by atoms with E-state index in [0.29, 0.717) is 5.56 Å². The zero-order valence-corrected chi connectivity index (χ0v) is 9.79. The van der Waals surface area contributed by atoms with E-state index in [1.54, 1.807) is 6.92 Å². The fourth-order valence-corrected chi connectivity index (χ4v) is 1.94. The third-order valence-electron chi connectivity index (χ3n) is 2.93. The summed E-state index contributed by atoms with van der Waals surface area (Å²) in [5, 5.41) is 9.71. The molecule has 2 N–H and O–H groups in total.